The Bertz CT molecular complexity index is 335. The topological polar surface area (TPSA) is 20.3 Å². The van der Waals surface area contributed by atoms with Crippen molar-refractivity contribution < 1.29 is 4.79 Å². The second-order valence-corrected chi connectivity index (χ2v) is 6.13. The minimum absolute atomic E-state index is 0.165. The van der Waals surface area contributed by atoms with E-state index in [9.17, 15) is 4.79 Å². The fourth-order valence-electron chi connectivity index (χ4n) is 2.17. The first-order valence-electron chi connectivity index (χ1n) is 7.54. The summed E-state index contributed by atoms with van der Waals surface area (Å²) >= 11 is 1.52. The minimum Gasteiger partial charge on any atom is -0.341 e. The first kappa shape index (κ1) is 16.2. The third-order valence-corrected chi connectivity index (χ3v) is 4.28. The number of hydrogen-bond donors (Lipinski definition) is 0. The molecule has 0 aliphatic rings. The Hall–Kier alpha value is -0.830. The van der Waals surface area contributed by atoms with Gasteiger partial charge in [0.05, 0.1) is 4.88 Å². The minimum atomic E-state index is 0.165. The van der Waals surface area contributed by atoms with E-state index in [4.69, 9.17) is 0 Å². The number of hydrogen-bond acceptors (Lipinski definition) is 2. The molecule has 1 rings (SSSR count). The highest BCUT2D eigenvalue weighted by Gasteiger charge is 2.11. The zero-order valence-corrected chi connectivity index (χ0v) is 13.2. The summed E-state index contributed by atoms with van der Waals surface area (Å²) in [6, 6.07) is 3.83. The summed E-state index contributed by atoms with van der Waals surface area (Å²) in [5, 5.41) is 1.96. The van der Waals surface area contributed by atoms with E-state index in [0.29, 0.717) is 0 Å². The Morgan fingerprint density at radius 1 is 1.11 bits per heavy atom. The molecule has 0 spiro atoms. The molecular weight excluding hydrogens is 254 g/mol. The van der Waals surface area contributed by atoms with E-state index in [-0.39, 0.29) is 5.91 Å². The van der Waals surface area contributed by atoms with Gasteiger partial charge in [-0.05, 0) is 17.9 Å². The van der Waals surface area contributed by atoms with Gasteiger partial charge in [0, 0.05) is 13.6 Å². The summed E-state index contributed by atoms with van der Waals surface area (Å²) in [5.74, 6) is 0.165. The Balaban J connectivity index is 2.01. The Morgan fingerprint density at radius 2 is 1.74 bits per heavy atom. The molecule has 0 aliphatic carbocycles. The maximum absolute atomic E-state index is 12.0. The molecule has 0 unspecified atom stereocenters. The van der Waals surface area contributed by atoms with Gasteiger partial charge in [0.25, 0.3) is 5.91 Å². The zero-order valence-electron chi connectivity index (χ0n) is 12.4. The second kappa shape index (κ2) is 10.0. The number of nitrogens with zero attached hydrogens (tertiary/aromatic N) is 1. The Morgan fingerprint density at radius 3 is 2.32 bits per heavy atom. The van der Waals surface area contributed by atoms with Crippen LogP contribution in [-0.2, 0) is 0 Å². The van der Waals surface area contributed by atoms with Crippen LogP contribution in [0, 0.1) is 0 Å². The Kier molecular flexibility index (Phi) is 8.55. The van der Waals surface area contributed by atoms with Crippen molar-refractivity contribution in [2.24, 2.45) is 0 Å². The smallest absolute Gasteiger partial charge is 0.263 e. The summed E-state index contributed by atoms with van der Waals surface area (Å²) < 4.78 is 0. The average molecular weight is 281 g/mol. The van der Waals surface area contributed by atoms with E-state index < -0.39 is 0 Å². The highest BCUT2D eigenvalue weighted by molar-refractivity contribution is 7.12. The van der Waals surface area contributed by atoms with Gasteiger partial charge in [0.1, 0.15) is 0 Å². The number of amides is 1. The van der Waals surface area contributed by atoms with E-state index in [1.807, 2.05) is 29.5 Å². The normalized spacial score (nSPS) is 10.6. The fourth-order valence-corrected chi connectivity index (χ4v) is 2.89. The molecule has 0 fully saturated rings. The van der Waals surface area contributed by atoms with E-state index in [0.717, 1.165) is 17.8 Å². The number of carbonyl (C=O) groups is 1. The standard InChI is InChI=1S/C16H27NOS/c1-3-4-5-6-7-8-9-10-13-17(2)16(18)15-12-11-14-19-15/h11-12,14H,3-10,13H2,1-2H3. The monoisotopic (exact) mass is 281 g/mol. The second-order valence-electron chi connectivity index (χ2n) is 5.18. The van der Waals surface area contributed by atoms with Crippen LogP contribution in [0.4, 0.5) is 0 Å². The maximum Gasteiger partial charge on any atom is 0.263 e. The molecule has 0 saturated carbocycles. The van der Waals surface area contributed by atoms with Gasteiger partial charge in [0.15, 0.2) is 0 Å². The van der Waals surface area contributed by atoms with Gasteiger partial charge in [-0.15, -0.1) is 11.3 Å². The van der Waals surface area contributed by atoms with Gasteiger partial charge in [-0.2, -0.15) is 0 Å². The third kappa shape index (κ3) is 6.76. The van der Waals surface area contributed by atoms with Crippen LogP contribution in [-0.4, -0.2) is 24.4 Å². The molecule has 1 aromatic heterocycles. The van der Waals surface area contributed by atoms with Crippen molar-refractivity contribution in [2.75, 3.05) is 13.6 Å². The number of carbonyl (C=O) groups excluding carboxylic acids is 1. The van der Waals surface area contributed by atoms with Crippen molar-refractivity contribution in [3.05, 3.63) is 22.4 Å². The van der Waals surface area contributed by atoms with Crippen LogP contribution in [0.1, 0.15) is 68.0 Å². The summed E-state index contributed by atoms with van der Waals surface area (Å²) in [4.78, 5) is 14.7. The third-order valence-electron chi connectivity index (χ3n) is 3.43. The highest BCUT2D eigenvalue weighted by atomic mass is 32.1. The van der Waals surface area contributed by atoms with Crippen molar-refractivity contribution in [3.63, 3.8) is 0 Å². The molecule has 1 aromatic rings. The van der Waals surface area contributed by atoms with Crippen molar-refractivity contribution >= 4 is 17.2 Å². The summed E-state index contributed by atoms with van der Waals surface area (Å²) in [7, 11) is 1.91. The number of unbranched alkanes of at least 4 members (excludes halogenated alkanes) is 7. The SMILES string of the molecule is CCCCCCCCCCN(C)C(=O)c1cccs1. The molecule has 108 valence electrons. The van der Waals surface area contributed by atoms with Crippen LogP contribution in [0.25, 0.3) is 0 Å². The van der Waals surface area contributed by atoms with Gasteiger partial charge in [-0.1, -0.05) is 57.9 Å². The van der Waals surface area contributed by atoms with E-state index in [2.05, 4.69) is 6.92 Å². The lowest BCUT2D eigenvalue weighted by Crippen LogP contribution is -2.26. The van der Waals surface area contributed by atoms with Gasteiger partial charge in [0.2, 0.25) is 0 Å². The predicted octanol–water partition coefficient (Wildman–Crippen LogP) is 4.96. The summed E-state index contributed by atoms with van der Waals surface area (Å²) in [6.45, 7) is 3.13. The van der Waals surface area contributed by atoms with Crippen LogP contribution in [0.5, 0.6) is 0 Å². The molecule has 0 atom stereocenters. The first-order valence-corrected chi connectivity index (χ1v) is 8.42. The number of thiophene rings is 1. The fraction of sp³-hybridized carbons (Fsp3) is 0.688. The molecule has 1 heterocycles. The Labute approximate surface area is 121 Å². The predicted molar refractivity (Wildman–Crippen MR) is 83.9 cm³/mol. The van der Waals surface area contributed by atoms with Crippen LogP contribution in [0.3, 0.4) is 0 Å². The zero-order chi connectivity index (χ0) is 13.9. The van der Waals surface area contributed by atoms with Gasteiger partial charge in [-0.3, -0.25) is 4.79 Å². The molecule has 19 heavy (non-hydrogen) atoms. The molecule has 0 aliphatic heterocycles. The average Bonchev–Trinajstić information content (AvgIpc) is 2.94. The van der Waals surface area contributed by atoms with Crippen LogP contribution < -0.4 is 0 Å². The molecule has 0 radical (unpaired) electrons. The number of rotatable bonds is 10. The van der Waals surface area contributed by atoms with Crippen molar-refractivity contribution in [1.29, 1.82) is 0 Å². The van der Waals surface area contributed by atoms with Crippen LogP contribution >= 0.6 is 11.3 Å². The van der Waals surface area contributed by atoms with Gasteiger partial charge < -0.3 is 4.90 Å². The van der Waals surface area contributed by atoms with Crippen LogP contribution in [0.15, 0.2) is 17.5 Å². The molecule has 0 N–H and O–H groups in total. The maximum atomic E-state index is 12.0. The quantitative estimate of drug-likeness (QED) is 0.555. The molecule has 3 heteroatoms. The summed E-state index contributed by atoms with van der Waals surface area (Å²) in [5.41, 5.74) is 0. The lowest BCUT2D eigenvalue weighted by molar-refractivity contribution is 0.0797. The largest absolute Gasteiger partial charge is 0.341 e. The van der Waals surface area contributed by atoms with Crippen molar-refractivity contribution in [3.8, 4) is 0 Å². The molecule has 0 bridgehead atoms. The molecule has 2 nitrogen and oxygen atoms in total. The lowest BCUT2D eigenvalue weighted by atomic mass is 10.1. The van der Waals surface area contributed by atoms with Crippen molar-refractivity contribution in [1.82, 2.24) is 4.90 Å². The first-order chi connectivity index (χ1) is 9.25. The van der Waals surface area contributed by atoms with Crippen LogP contribution in [0.2, 0.25) is 0 Å². The van der Waals surface area contributed by atoms with E-state index in [1.54, 1.807) is 0 Å². The highest BCUT2D eigenvalue weighted by Crippen LogP contribution is 2.12. The molecule has 0 saturated heterocycles. The summed E-state index contributed by atoms with van der Waals surface area (Å²) in [6.07, 6.45) is 10.5. The molecular formula is C16H27NOS. The lowest BCUT2D eigenvalue weighted by Gasteiger charge is -2.15. The molecule has 0 aromatic carbocycles. The molecule has 1 amide bonds. The van der Waals surface area contributed by atoms with Crippen molar-refractivity contribution in [2.45, 2.75) is 58.3 Å². The van der Waals surface area contributed by atoms with Gasteiger partial charge in [-0.25, -0.2) is 0 Å². The van der Waals surface area contributed by atoms with E-state index >= 15 is 0 Å². The van der Waals surface area contributed by atoms with E-state index in [1.165, 1.54) is 56.3 Å². The van der Waals surface area contributed by atoms with Gasteiger partial charge >= 0.3 is 0 Å².